The van der Waals surface area contributed by atoms with Crippen molar-refractivity contribution >= 4 is 11.8 Å². The van der Waals surface area contributed by atoms with Crippen LogP contribution >= 0.6 is 0 Å². The van der Waals surface area contributed by atoms with Crippen molar-refractivity contribution in [2.24, 2.45) is 0 Å². The molecular weight excluding hydrogens is 303 g/mol. The molecule has 1 amide bonds. The Kier molecular flexibility index (Phi) is 5.20. The first-order valence-electron chi connectivity index (χ1n) is 7.30. The first-order valence-corrected chi connectivity index (χ1v) is 7.30. The molecule has 0 unspecified atom stereocenters. The van der Waals surface area contributed by atoms with E-state index in [-0.39, 0.29) is 5.88 Å². The van der Waals surface area contributed by atoms with Gasteiger partial charge < -0.3 is 14.2 Å². The maximum Gasteiger partial charge on any atom is 0.414 e. The number of rotatable bonds is 2. The number of carbonyl (C=O) groups excluding carboxylic acids is 1. The number of pyridine rings is 1. The van der Waals surface area contributed by atoms with E-state index in [1.165, 1.54) is 18.1 Å². The second kappa shape index (κ2) is 6.95. The standard InChI is InChI=1S/C16H21FN2O4/c1-16(2,3)23-15(20)19-6-8-22-7-5-13(19)12-9-11(17)10-18-14(12)21-4/h5,9-10H,6-8H2,1-4H3. The summed E-state index contributed by atoms with van der Waals surface area (Å²) >= 11 is 0. The smallest absolute Gasteiger partial charge is 0.414 e. The lowest BCUT2D eigenvalue weighted by molar-refractivity contribution is 0.0322. The highest BCUT2D eigenvalue weighted by Crippen LogP contribution is 2.29. The van der Waals surface area contributed by atoms with Crippen molar-refractivity contribution in [2.75, 3.05) is 26.9 Å². The summed E-state index contributed by atoms with van der Waals surface area (Å²) in [6, 6.07) is 1.28. The van der Waals surface area contributed by atoms with Gasteiger partial charge in [0, 0.05) is 0 Å². The molecule has 1 aliphatic heterocycles. The molecule has 1 aromatic rings. The van der Waals surface area contributed by atoms with E-state index >= 15 is 0 Å². The minimum Gasteiger partial charge on any atom is -0.481 e. The maximum absolute atomic E-state index is 13.6. The highest BCUT2D eigenvalue weighted by atomic mass is 19.1. The van der Waals surface area contributed by atoms with Crippen LogP contribution in [0.15, 0.2) is 18.3 Å². The summed E-state index contributed by atoms with van der Waals surface area (Å²) in [5.74, 6) is -0.288. The fraction of sp³-hybridized carbons (Fsp3) is 0.500. The van der Waals surface area contributed by atoms with E-state index in [0.29, 0.717) is 31.0 Å². The molecule has 0 saturated carbocycles. The zero-order chi connectivity index (χ0) is 17.0. The van der Waals surface area contributed by atoms with Gasteiger partial charge in [-0.2, -0.15) is 0 Å². The summed E-state index contributed by atoms with van der Waals surface area (Å²) in [6.45, 7) is 6.30. The molecule has 0 saturated heterocycles. The fourth-order valence-electron chi connectivity index (χ4n) is 2.14. The molecule has 1 aliphatic rings. The molecular formula is C16H21FN2O4. The summed E-state index contributed by atoms with van der Waals surface area (Å²) in [7, 11) is 1.44. The minimum absolute atomic E-state index is 0.230. The normalized spacial score (nSPS) is 15.7. The third kappa shape index (κ3) is 4.41. The molecule has 0 atom stereocenters. The van der Waals surface area contributed by atoms with E-state index in [0.717, 1.165) is 6.20 Å². The Morgan fingerprint density at radius 1 is 1.43 bits per heavy atom. The van der Waals surface area contributed by atoms with Gasteiger partial charge in [-0.15, -0.1) is 0 Å². The number of hydrogen-bond acceptors (Lipinski definition) is 5. The Balaban J connectivity index is 2.41. The van der Waals surface area contributed by atoms with Crippen LogP contribution < -0.4 is 4.74 Å². The zero-order valence-corrected chi connectivity index (χ0v) is 13.8. The Morgan fingerprint density at radius 3 is 2.83 bits per heavy atom. The predicted octanol–water partition coefficient (Wildman–Crippen LogP) is 2.84. The average Bonchev–Trinajstić information content (AvgIpc) is 2.71. The molecule has 2 rings (SSSR count). The molecule has 0 aromatic carbocycles. The first kappa shape index (κ1) is 17.2. The molecule has 0 radical (unpaired) electrons. The summed E-state index contributed by atoms with van der Waals surface area (Å²) in [6.07, 6.45) is 2.23. The Hall–Kier alpha value is -2.15. The lowest BCUT2D eigenvalue weighted by Gasteiger charge is -2.28. The largest absolute Gasteiger partial charge is 0.481 e. The zero-order valence-electron chi connectivity index (χ0n) is 13.8. The van der Waals surface area contributed by atoms with Crippen LogP contribution in [0.2, 0.25) is 0 Å². The highest BCUT2D eigenvalue weighted by molar-refractivity contribution is 5.83. The van der Waals surface area contributed by atoms with Crippen LogP contribution in [0.25, 0.3) is 5.70 Å². The SMILES string of the molecule is COc1ncc(F)cc1C1=CCOCCN1C(=O)OC(C)(C)C. The molecule has 23 heavy (non-hydrogen) atoms. The van der Waals surface area contributed by atoms with E-state index in [9.17, 15) is 9.18 Å². The van der Waals surface area contributed by atoms with Crippen molar-refractivity contribution < 1.29 is 23.4 Å². The predicted molar refractivity (Wildman–Crippen MR) is 82.5 cm³/mol. The van der Waals surface area contributed by atoms with Gasteiger partial charge in [0.25, 0.3) is 0 Å². The number of amides is 1. The van der Waals surface area contributed by atoms with E-state index < -0.39 is 17.5 Å². The van der Waals surface area contributed by atoms with Crippen LogP contribution in [0.5, 0.6) is 5.88 Å². The Labute approximate surface area is 134 Å². The molecule has 126 valence electrons. The van der Waals surface area contributed by atoms with Gasteiger partial charge in [-0.05, 0) is 32.9 Å². The van der Waals surface area contributed by atoms with Crippen molar-refractivity contribution in [2.45, 2.75) is 26.4 Å². The van der Waals surface area contributed by atoms with Gasteiger partial charge in [0.1, 0.15) is 11.4 Å². The van der Waals surface area contributed by atoms with E-state index in [4.69, 9.17) is 14.2 Å². The maximum atomic E-state index is 13.6. The summed E-state index contributed by atoms with van der Waals surface area (Å²) < 4.78 is 29.6. The number of halogens is 1. The van der Waals surface area contributed by atoms with Gasteiger partial charge in [0.05, 0.1) is 44.3 Å². The van der Waals surface area contributed by atoms with Crippen LogP contribution in [0.4, 0.5) is 9.18 Å². The van der Waals surface area contributed by atoms with Crippen LogP contribution in [-0.2, 0) is 9.47 Å². The van der Waals surface area contributed by atoms with Gasteiger partial charge in [0.15, 0.2) is 0 Å². The van der Waals surface area contributed by atoms with E-state index in [1.54, 1.807) is 26.8 Å². The van der Waals surface area contributed by atoms with Crippen LogP contribution in [-0.4, -0.2) is 48.4 Å². The van der Waals surface area contributed by atoms with E-state index in [2.05, 4.69) is 4.98 Å². The van der Waals surface area contributed by atoms with Crippen molar-refractivity contribution in [1.82, 2.24) is 9.88 Å². The summed E-state index contributed by atoms with van der Waals surface area (Å²) in [4.78, 5) is 17.8. The first-order chi connectivity index (χ1) is 10.8. The quantitative estimate of drug-likeness (QED) is 0.837. The van der Waals surface area contributed by atoms with Gasteiger partial charge in [-0.25, -0.2) is 14.2 Å². The summed E-state index contributed by atoms with van der Waals surface area (Å²) in [5, 5.41) is 0. The monoisotopic (exact) mass is 324 g/mol. The van der Waals surface area contributed by atoms with Gasteiger partial charge in [-0.1, -0.05) is 0 Å². The Bertz CT molecular complexity index is 611. The second-order valence-electron chi connectivity index (χ2n) is 6.01. The molecule has 0 fully saturated rings. The average molecular weight is 324 g/mol. The topological polar surface area (TPSA) is 60.9 Å². The number of hydrogen-bond donors (Lipinski definition) is 0. The molecule has 0 N–H and O–H groups in total. The van der Waals surface area contributed by atoms with Crippen molar-refractivity contribution in [3.8, 4) is 5.88 Å². The second-order valence-corrected chi connectivity index (χ2v) is 6.01. The highest BCUT2D eigenvalue weighted by Gasteiger charge is 2.28. The Morgan fingerprint density at radius 2 is 2.17 bits per heavy atom. The third-order valence-electron chi connectivity index (χ3n) is 3.05. The van der Waals surface area contributed by atoms with Crippen LogP contribution in [0, 0.1) is 5.82 Å². The molecule has 1 aromatic heterocycles. The molecule has 6 nitrogen and oxygen atoms in total. The number of ether oxygens (including phenoxy) is 3. The fourth-order valence-corrected chi connectivity index (χ4v) is 2.14. The lowest BCUT2D eigenvalue weighted by atomic mass is 10.1. The molecule has 2 heterocycles. The number of methoxy groups -OCH3 is 1. The number of aromatic nitrogens is 1. The van der Waals surface area contributed by atoms with Crippen LogP contribution in [0.1, 0.15) is 26.3 Å². The minimum atomic E-state index is -0.639. The van der Waals surface area contributed by atoms with E-state index in [1.807, 2.05) is 0 Å². The van der Waals surface area contributed by atoms with Gasteiger partial charge in [0.2, 0.25) is 5.88 Å². The number of carbonyl (C=O) groups is 1. The molecule has 0 aliphatic carbocycles. The molecule has 0 spiro atoms. The van der Waals surface area contributed by atoms with Crippen molar-refractivity contribution in [1.29, 1.82) is 0 Å². The number of nitrogens with zero attached hydrogens (tertiary/aromatic N) is 2. The van der Waals surface area contributed by atoms with Gasteiger partial charge in [-0.3, -0.25) is 4.90 Å². The van der Waals surface area contributed by atoms with Crippen molar-refractivity contribution in [3.05, 3.63) is 29.7 Å². The van der Waals surface area contributed by atoms with Gasteiger partial charge >= 0.3 is 6.09 Å². The third-order valence-corrected chi connectivity index (χ3v) is 3.05. The summed E-state index contributed by atoms with van der Waals surface area (Å²) in [5.41, 5.74) is 0.198. The van der Waals surface area contributed by atoms with Crippen molar-refractivity contribution in [3.63, 3.8) is 0 Å². The van der Waals surface area contributed by atoms with Crippen LogP contribution in [0.3, 0.4) is 0 Å². The lowest BCUT2D eigenvalue weighted by Crippen LogP contribution is -2.37. The molecule has 0 bridgehead atoms. The molecule has 7 heteroatoms.